The predicted molar refractivity (Wildman–Crippen MR) is 309 cm³/mol. The molecule has 10 atom stereocenters. The number of hydrogen-bond acceptors (Lipinski definition) is 16. The lowest BCUT2D eigenvalue weighted by Crippen LogP contribution is -2.62. The first-order valence-corrected chi connectivity index (χ1v) is 26.5. The van der Waals surface area contributed by atoms with Crippen molar-refractivity contribution in [2.45, 2.75) is 127 Å². The quantitative estimate of drug-likeness (QED) is 0.0235. The number of benzene rings is 3. The van der Waals surface area contributed by atoms with Gasteiger partial charge >= 0.3 is 0 Å². The molecule has 24 nitrogen and oxygen atoms in total. The van der Waals surface area contributed by atoms with E-state index in [9.17, 15) is 48.9 Å². The van der Waals surface area contributed by atoms with Gasteiger partial charge in [-0.15, -0.1) is 12.4 Å². The molecule has 27 heteroatoms. The molecule has 0 fully saturated rings. The van der Waals surface area contributed by atoms with Crippen molar-refractivity contribution >= 4 is 102 Å². The maximum Gasteiger partial charge on any atom is 0.300 e. The summed E-state index contributed by atoms with van der Waals surface area (Å²) in [5, 5.41) is 64.0. The highest BCUT2D eigenvalue weighted by atomic mass is 35.5. The lowest BCUT2D eigenvalue weighted by atomic mass is 10.0. The van der Waals surface area contributed by atoms with Crippen LogP contribution >= 0.6 is 37.7 Å². The molecule has 442 valence electrons. The van der Waals surface area contributed by atoms with Crippen LogP contribution in [0.5, 0.6) is 0 Å². The molecule has 0 saturated heterocycles. The van der Waals surface area contributed by atoms with Crippen LogP contribution in [0.4, 0.5) is 0 Å². The van der Waals surface area contributed by atoms with Crippen LogP contribution in [0.3, 0.4) is 0 Å². The number of nitrogens with one attached hydrogen (secondary N) is 8. The van der Waals surface area contributed by atoms with Gasteiger partial charge in [-0.25, -0.2) is 0 Å². The van der Waals surface area contributed by atoms with Crippen LogP contribution in [-0.4, -0.2) is 169 Å². The number of hydrogen-bond donors (Lipinski definition) is 17. The number of aliphatic carboxylic acids is 2. The number of aromatic nitrogens is 1. The number of rotatable bonds is 29. The summed E-state index contributed by atoms with van der Waals surface area (Å²) in [4.78, 5) is 118. The van der Waals surface area contributed by atoms with Crippen molar-refractivity contribution in [3.63, 3.8) is 0 Å². The zero-order valence-electron chi connectivity index (χ0n) is 44.9. The Morgan fingerprint density at radius 3 is 1.46 bits per heavy atom. The Labute approximate surface area is 481 Å². The first-order valence-electron chi connectivity index (χ1n) is 25.2. The highest BCUT2D eigenvalue weighted by Gasteiger charge is 2.35. The number of thiol groups is 2. The molecule has 4 aromatic rings. The molecule has 0 aliphatic carbocycles. The zero-order chi connectivity index (χ0) is 59.2. The Morgan fingerprint density at radius 2 is 0.975 bits per heavy atom. The fraction of sp³-hybridized carbons (Fsp3) is 0.453. The molecule has 0 aliphatic heterocycles. The minimum atomic E-state index is -1.65. The average Bonchev–Trinajstić information content (AvgIpc) is 3.82. The Bertz CT molecular complexity index is 2560. The van der Waals surface area contributed by atoms with Gasteiger partial charge in [-0.05, 0) is 68.8 Å². The summed E-state index contributed by atoms with van der Waals surface area (Å²) >= 11 is 8.47. The molecule has 8 unspecified atom stereocenters. The predicted octanol–water partition coefficient (Wildman–Crippen LogP) is -0.737. The first-order chi connectivity index (χ1) is 37.5. The maximum absolute atomic E-state index is 14.6. The molecule has 17 N–H and O–H groups in total. The van der Waals surface area contributed by atoms with Gasteiger partial charge in [0.05, 0.1) is 30.9 Å². The number of H-pyrrole nitrogens is 1. The molecular weight excluding hydrogens is 1100 g/mol. The summed E-state index contributed by atoms with van der Waals surface area (Å²) in [7, 11) is 0. The molecule has 0 spiro atoms. The molecule has 0 bridgehead atoms. The number of carbonyl (C=O) groups is 9. The maximum atomic E-state index is 14.6. The van der Waals surface area contributed by atoms with E-state index >= 15 is 0 Å². The van der Waals surface area contributed by atoms with E-state index in [1.54, 1.807) is 36.5 Å². The Morgan fingerprint density at radius 1 is 0.550 bits per heavy atom. The monoisotopic (exact) mass is 1180 g/mol. The van der Waals surface area contributed by atoms with Crippen molar-refractivity contribution in [1.29, 1.82) is 0 Å². The number of aliphatic hydroxyl groups is 3. The fourth-order valence-corrected chi connectivity index (χ4v) is 8.03. The zero-order valence-corrected chi connectivity index (χ0v) is 47.5. The molecule has 0 saturated carbocycles. The summed E-state index contributed by atoms with van der Waals surface area (Å²) in [6, 6.07) is 15.0. The molecular formula is C53H77ClN10O14S2. The molecule has 0 aliphatic rings. The van der Waals surface area contributed by atoms with Crippen LogP contribution in [0.25, 0.3) is 10.9 Å². The van der Waals surface area contributed by atoms with E-state index in [0.717, 1.165) is 30.3 Å². The lowest BCUT2D eigenvalue weighted by Gasteiger charge is -2.28. The summed E-state index contributed by atoms with van der Waals surface area (Å²) in [6.07, 6.45) is -0.0947. The average molecular weight is 1180 g/mol. The SMILES string of the molecule is CC(=O)O.CC(=O)O.CC(O)C(NC(=O)C(CCCCN)NC(=O)C(Cc1c[nH]c2ccccc12)NC(=O)C(Cc1ccccc1)NC(=O)C(CS)NC(=O)C(N)Cc1ccccc1)C(=O)NC(CS)C(=O)N[C@H](CO)[C@@H](C)O.Cl. The molecule has 3 aromatic carbocycles. The first kappa shape index (κ1) is 71.2. The number of unbranched alkanes of at least 4 members (excludes halogenated alkanes) is 1. The van der Waals surface area contributed by atoms with Crippen molar-refractivity contribution in [2.24, 2.45) is 11.5 Å². The molecule has 4 rings (SSSR count). The van der Waals surface area contributed by atoms with Gasteiger partial charge < -0.3 is 79.2 Å². The van der Waals surface area contributed by atoms with Gasteiger partial charge in [0.15, 0.2) is 0 Å². The van der Waals surface area contributed by atoms with E-state index in [4.69, 9.17) is 31.3 Å². The van der Waals surface area contributed by atoms with Crippen molar-refractivity contribution in [1.82, 2.24) is 42.2 Å². The van der Waals surface area contributed by atoms with E-state index in [1.807, 2.05) is 54.6 Å². The largest absolute Gasteiger partial charge is 0.481 e. The second kappa shape index (κ2) is 38.0. The van der Waals surface area contributed by atoms with E-state index in [-0.39, 0.29) is 56.1 Å². The fourth-order valence-electron chi connectivity index (χ4n) is 7.52. The smallest absolute Gasteiger partial charge is 0.300 e. The molecule has 80 heavy (non-hydrogen) atoms. The highest BCUT2D eigenvalue weighted by molar-refractivity contribution is 7.80. The van der Waals surface area contributed by atoms with E-state index in [0.29, 0.717) is 24.0 Å². The third-order valence-corrected chi connectivity index (χ3v) is 12.4. The van der Waals surface area contributed by atoms with Crippen molar-refractivity contribution in [3.8, 4) is 0 Å². The Balaban J connectivity index is 0.00000332. The van der Waals surface area contributed by atoms with Crippen LogP contribution < -0.4 is 48.7 Å². The summed E-state index contributed by atoms with van der Waals surface area (Å²) < 4.78 is 0. The van der Waals surface area contributed by atoms with Crippen molar-refractivity contribution in [3.05, 3.63) is 108 Å². The number of carboxylic acid groups (broad SMARTS) is 2. The summed E-state index contributed by atoms with van der Waals surface area (Å²) in [5.74, 6) is -7.63. The Hall–Kier alpha value is -6.78. The van der Waals surface area contributed by atoms with Gasteiger partial charge in [0.25, 0.3) is 11.9 Å². The van der Waals surface area contributed by atoms with Crippen LogP contribution in [-0.2, 0) is 62.4 Å². The van der Waals surface area contributed by atoms with Gasteiger partial charge in [0.2, 0.25) is 41.4 Å². The Kier molecular flexibility index (Phi) is 33.8. The third-order valence-electron chi connectivity index (χ3n) is 11.7. The number of aliphatic hydroxyl groups excluding tert-OH is 3. The normalized spacial score (nSPS) is 14.4. The topological polar surface area (TPSA) is 407 Å². The number of amides is 7. The van der Waals surface area contributed by atoms with Gasteiger partial charge in [-0.3, -0.25) is 43.2 Å². The minimum absolute atomic E-state index is 0. The number of nitrogens with two attached hydrogens (primary N) is 2. The van der Waals surface area contributed by atoms with Crippen molar-refractivity contribution in [2.75, 3.05) is 24.7 Å². The van der Waals surface area contributed by atoms with E-state index in [2.05, 4.69) is 67.5 Å². The highest BCUT2D eigenvalue weighted by Crippen LogP contribution is 2.20. The second-order valence-electron chi connectivity index (χ2n) is 18.3. The number of aromatic amines is 1. The number of carboxylic acids is 2. The van der Waals surface area contributed by atoms with E-state index in [1.165, 1.54) is 13.8 Å². The van der Waals surface area contributed by atoms with Gasteiger partial charge in [0, 0.05) is 55.3 Å². The van der Waals surface area contributed by atoms with Gasteiger partial charge in [-0.1, -0.05) is 78.9 Å². The molecule has 1 aromatic heterocycles. The molecule has 7 amide bonds. The van der Waals surface area contributed by atoms with Crippen LogP contribution in [0, 0.1) is 0 Å². The molecule has 1 heterocycles. The van der Waals surface area contributed by atoms with E-state index < -0.39 is 120 Å². The minimum Gasteiger partial charge on any atom is -0.481 e. The second-order valence-corrected chi connectivity index (χ2v) is 19.0. The summed E-state index contributed by atoms with van der Waals surface area (Å²) in [6.45, 7) is 4.42. The number of halogens is 1. The van der Waals surface area contributed by atoms with Crippen molar-refractivity contribution < 1.29 is 68.7 Å². The number of fused-ring (bicyclic) bond motifs is 1. The standard InChI is InChI=1S/C49H68N10O10S2.2C2H4O2.ClH/c1-28(61)39(25-60)56-48(68)41(27-71)58-49(69)42(29(2)62)59-44(64)36(19-11-12-20-50)53-46(66)38(23-32-24-52-35-18-10-9-17-33(32)35)55-45(65)37(22-31-15-7-4-8-16-31)54-47(67)40(26-70)57-43(63)34(51)21-30-13-5-3-6-14-30;2*1-2(3)4;/h3-10,13-18,24,28-29,34,36-42,52,60-62,70-71H,11-12,19-23,25-27,50-51H2,1-2H3,(H,53,66)(H,54,67)(H,55,65)(H,56,68)(H,57,63)(H,58,69)(H,59,64);2*1H3,(H,3,4);1H/t28-,29?,34?,36?,37?,38?,39-,40?,41?,42?;;;/m1.../s1. The van der Waals surface area contributed by atoms with Crippen LogP contribution in [0.2, 0.25) is 0 Å². The third kappa shape index (κ3) is 26.0. The molecule has 0 radical (unpaired) electrons. The van der Waals surface area contributed by atoms with Gasteiger partial charge in [0.1, 0.15) is 36.3 Å². The number of para-hydroxylation sites is 1. The van der Waals surface area contributed by atoms with Crippen LogP contribution in [0.1, 0.15) is 63.6 Å². The van der Waals surface area contributed by atoms with Crippen LogP contribution in [0.15, 0.2) is 91.1 Å². The van der Waals surface area contributed by atoms with Gasteiger partial charge in [-0.2, -0.15) is 25.3 Å². The number of carbonyl (C=O) groups excluding carboxylic acids is 7. The lowest BCUT2D eigenvalue weighted by molar-refractivity contribution is -0.136. The summed E-state index contributed by atoms with van der Waals surface area (Å²) in [5.41, 5.74) is 14.8.